The Morgan fingerprint density at radius 2 is 2.20 bits per heavy atom. The maximum absolute atomic E-state index is 13.7. The first kappa shape index (κ1) is 11.9. The number of halogens is 1. The first-order valence-corrected chi connectivity index (χ1v) is 5.02. The van der Waals surface area contributed by atoms with Crippen molar-refractivity contribution < 1.29 is 9.13 Å². The minimum Gasteiger partial charge on any atom is -0.470 e. The van der Waals surface area contributed by atoms with Gasteiger partial charge in [0.15, 0.2) is 5.82 Å². The average molecular weight is 212 g/mol. The van der Waals surface area contributed by atoms with Crippen LogP contribution < -0.4 is 10.5 Å². The van der Waals surface area contributed by atoms with Gasteiger partial charge in [0.05, 0.1) is 0 Å². The lowest BCUT2D eigenvalue weighted by atomic mass is 10.1. The number of ether oxygens (including phenoxy) is 1. The number of rotatable bonds is 4. The smallest absolute Gasteiger partial charge is 0.251 e. The summed E-state index contributed by atoms with van der Waals surface area (Å²) in [5.74, 6) is -0.425. The van der Waals surface area contributed by atoms with E-state index in [1.165, 1.54) is 6.20 Å². The molecule has 0 aliphatic carbocycles. The van der Waals surface area contributed by atoms with Crippen molar-refractivity contribution >= 4 is 0 Å². The quantitative estimate of drug-likeness (QED) is 0.832. The van der Waals surface area contributed by atoms with E-state index in [9.17, 15) is 4.39 Å². The second-order valence-electron chi connectivity index (χ2n) is 4.01. The molecule has 1 aromatic rings. The van der Waals surface area contributed by atoms with Crippen LogP contribution in [0.3, 0.4) is 0 Å². The van der Waals surface area contributed by atoms with Gasteiger partial charge in [-0.1, -0.05) is 6.92 Å². The molecule has 0 aliphatic heterocycles. The highest BCUT2D eigenvalue weighted by atomic mass is 19.1. The first-order valence-electron chi connectivity index (χ1n) is 5.02. The number of nitrogens with two attached hydrogens (primary N) is 1. The predicted molar refractivity (Wildman–Crippen MR) is 57.1 cm³/mol. The van der Waals surface area contributed by atoms with Gasteiger partial charge < -0.3 is 10.5 Å². The summed E-state index contributed by atoms with van der Waals surface area (Å²) in [6.07, 6.45) is 2.29. The van der Waals surface area contributed by atoms with Crippen LogP contribution in [0.5, 0.6) is 5.88 Å². The predicted octanol–water partition coefficient (Wildman–Crippen LogP) is 2.25. The number of hydrogen-bond acceptors (Lipinski definition) is 3. The normalized spacial score (nSPS) is 11.5. The molecule has 2 N–H and O–H groups in total. The van der Waals surface area contributed by atoms with Gasteiger partial charge in [0.2, 0.25) is 0 Å². The molecular weight excluding hydrogens is 195 g/mol. The molecule has 0 atom stereocenters. The summed E-state index contributed by atoms with van der Waals surface area (Å²) in [7, 11) is 0. The fraction of sp³-hybridized carbons (Fsp3) is 0.545. The van der Waals surface area contributed by atoms with Crippen LogP contribution >= 0.6 is 0 Å². The summed E-state index contributed by atoms with van der Waals surface area (Å²) in [5, 5.41) is 0. The van der Waals surface area contributed by atoms with E-state index in [2.05, 4.69) is 4.98 Å². The van der Waals surface area contributed by atoms with E-state index in [1.54, 1.807) is 6.07 Å². The lowest BCUT2D eigenvalue weighted by molar-refractivity contribution is 0.0927. The van der Waals surface area contributed by atoms with Crippen molar-refractivity contribution in [2.24, 2.45) is 5.73 Å². The monoisotopic (exact) mass is 212 g/mol. The lowest BCUT2D eigenvalue weighted by Gasteiger charge is -2.24. The molecule has 1 rings (SSSR count). The minimum atomic E-state index is -0.457. The molecule has 0 unspecified atom stereocenters. The van der Waals surface area contributed by atoms with Crippen LogP contribution in [0.2, 0.25) is 0 Å². The van der Waals surface area contributed by atoms with E-state index in [-0.39, 0.29) is 12.4 Å². The van der Waals surface area contributed by atoms with E-state index < -0.39 is 11.4 Å². The van der Waals surface area contributed by atoms with Crippen molar-refractivity contribution in [2.45, 2.75) is 39.3 Å². The third-order valence-corrected chi connectivity index (χ3v) is 2.38. The highest BCUT2D eigenvalue weighted by molar-refractivity contribution is 5.23. The van der Waals surface area contributed by atoms with Crippen LogP contribution in [-0.2, 0) is 6.54 Å². The van der Waals surface area contributed by atoms with Crippen LogP contribution in [0, 0.1) is 5.82 Å². The zero-order valence-electron chi connectivity index (χ0n) is 9.38. The topological polar surface area (TPSA) is 48.1 Å². The Balaban J connectivity index is 2.95. The summed E-state index contributed by atoms with van der Waals surface area (Å²) in [6, 6.07) is 1.56. The van der Waals surface area contributed by atoms with Crippen molar-refractivity contribution in [3.05, 3.63) is 23.6 Å². The molecule has 0 saturated heterocycles. The highest BCUT2D eigenvalue weighted by Crippen LogP contribution is 2.23. The summed E-state index contributed by atoms with van der Waals surface area (Å²) >= 11 is 0. The van der Waals surface area contributed by atoms with E-state index >= 15 is 0 Å². The highest BCUT2D eigenvalue weighted by Gasteiger charge is 2.20. The molecular formula is C11H17FN2O. The largest absolute Gasteiger partial charge is 0.470 e. The van der Waals surface area contributed by atoms with Crippen LogP contribution in [-0.4, -0.2) is 10.6 Å². The molecule has 0 bridgehead atoms. The second-order valence-corrected chi connectivity index (χ2v) is 4.01. The standard InChI is InChI=1S/C11H17FN2O/c1-4-11(2,3)15-10-9(12)8(7-13)5-6-14-10/h5-6H,4,7,13H2,1-3H3. The maximum atomic E-state index is 13.7. The number of aromatic nitrogens is 1. The average Bonchev–Trinajstić information content (AvgIpc) is 2.21. The van der Waals surface area contributed by atoms with Crippen molar-refractivity contribution in [1.29, 1.82) is 0 Å². The van der Waals surface area contributed by atoms with Gasteiger partial charge in [-0.3, -0.25) is 0 Å². The lowest BCUT2D eigenvalue weighted by Crippen LogP contribution is -2.28. The van der Waals surface area contributed by atoms with Gasteiger partial charge in [-0.05, 0) is 26.3 Å². The van der Waals surface area contributed by atoms with E-state index in [0.29, 0.717) is 5.56 Å². The Labute approximate surface area is 89.5 Å². The Morgan fingerprint density at radius 3 is 2.73 bits per heavy atom. The molecule has 1 heterocycles. The van der Waals surface area contributed by atoms with Gasteiger partial charge in [-0.15, -0.1) is 0 Å². The van der Waals surface area contributed by atoms with Gasteiger partial charge in [0.25, 0.3) is 5.88 Å². The zero-order chi connectivity index (χ0) is 11.5. The molecule has 0 aliphatic rings. The second kappa shape index (κ2) is 4.57. The van der Waals surface area contributed by atoms with Crippen molar-refractivity contribution in [3.63, 3.8) is 0 Å². The molecule has 0 radical (unpaired) electrons. The Hall–Kier alpha value is -1.16. The molecule has 0 aromatic carbocycles. The summed E-state index contributed by atoms with van der Waals surface area (Å²) in [4.78, 5) is 3.87. The van der Waals surface area contributed by atoms with Crippen LogP contribution in [0.15, 0.2) is 12.3 Å². The molecule has 0 fully saturated rings. The summed E-state index contributed by atoms with van der Waals surface area (Å²) < 4.78 is 19.2. The van der Waals surface area contributed by atoms with Crippen molar-refractivity contribution in [3.8, 4) is 5.88 Å². The molecule has 84 valence electrons. The van der Waals surface area contributed by atoms with E-state index in [1.807, 2.05) is 20.8 Å². The third kappa shape index (κ3) is 2.89. The fourth-order valence-corrected chi connectivity index (χ4v) is 1.02. The third-order valence-electron chi connectivity index (χ3n) is 2.38. The van der Waals surface area contributed by atoms with Gasteiger partial charge >= 0.3 is 0 Å². The van der Waals surface area contributed by atoms with Gasteiger partial charge in [-0.25, -0.2) is 9.37 Å². The number of hydrogen-bond donors (Lipinski definition) is 1. The van der Waals surface area contributed by atoms with E-state index in [0.717, 1.165) is 6.42 Å². The number of pyridine rings is 1. The van der Waals surface area contributed by atoms with Crippen LogP contribution in [0.4, 0.5) is 4.39 Å². The van der Waals surface area contributed by atoms with Gasteiger partial charge in [0, 0.05) is 18.3 Å². The fourth-order valence-electron chi connectivity index (χ4n) is 1.02. The molecule has 0 amide bonds. The van der Waals surface area contributed by atoms with Crippen molar-refractivity contribution in [2.75, 3.05) is 0 Å². The SMILES string of the molecule is CCC(C)(C)Oc1nccc(CN)c1F. The summed E-state index contributed by atoms with van der Waals surface area (Å²) in [5.41, 5.74) is 5.40. The Kier molecular flexibility index (Phi) is 3.63. The Morgan fingerprint density at radius 1 is 1.53 bits per heavy atom. The minimum absolute atomic E-state index is 0.0322. The molecule has 0 saturated carbocycles. The van der Waals surface area contributed by atoms with Crippen LogP contribution in [0.25, 0.3) is 0 Å². The molecule has 0 spiro atoms. The first-order chi connectivity index (χ1) is 7.00. The van der Waals surface area contributed by atoms with E-state index in [4.69, 9.17) is 10.5 Å². The molecule has 15 heavy (non-hydrogen) atoms. The maximum Gasteiger partial charge on any atom is 0.251 e. The van der Waals surface area contributed by atoms with Gasteiger partial charge in [-0.2, -0.15) is 0 Å². The summed E-state index contributed by atoms with van der Waals surface area (Å²) in [6.45, 7) is 5.91. The van der Waals surface area contributed by atoms with Gasteiger partial charge in [0.1, 0.15) is 5.60 Å². The molecule has 4 heteroatoms. The number of nitrogens with zero attached hydrogens (tertiary/aromatic N) is 1. The van der Waals surface area contributed by atoms with Crippen LogP contribution in [0.1, 0.15) is 32.8 Å². The molecule has 3 nitrogen and oxygen atoms in total. The van der Waals surface area contributed by atoms with Crippen molar-refractivity contribution in [1.82, 2.24) is 4.98 Å². The Bertz CT molecular complexity index is 339. The zero-order valence-corrected chi connectivity index (χ0v) is 9.38. The molecule has 1 aromatic heterocycles.